The summed E-state index contributed by atoms with van der Waals surface area (Å²) in [4.78, 5) is 105. The molecule has 2 aromatic carbocycles. The van der Waals surface area contributed by atoms with Crippen molar-refractivity contribution in [2.75, 3.05) is 96.0 Å². The smallest absolute Gasteiger partial charge is 0.478 e. The van der Waals surface area contributed by atoms with Crippen molar-refractivity contribution in [3.05, 3.63) is 91.6 Å². The number of carbonyl (C=O) groups is 4. The van der Waals surface area contributed by atoms with Crippen LogP contribution in [0, 0.1) is 17.3 Å². The van der Waals surface area contributed by atoms with Crippen molar-refractivity contribution in [2.45, 2.75) is 85.3 Å². The van der Waals surface area contributed by atoms with E-state index < -0.39 is 148 Å². The van der Waals surface area contributed by atoms with Crippen LogP contribution in [0.25, 0.3) is 43.9 Å². The first-order chi connectivity index (χ1) is 46.9. The van der Waals surface area contributed by atoms with E-state index in [0.29, 0.717) is 38.2 Å². The second kappa shape index (κ2) is 36.7. The Hall–Kier alpha value is -7.07. The number of nitrogens with zero attached hydrogens (tertiary/aromatic N) is 5. The summed E-state index contributed by atoms with van der Waals surface area (Å²) in [5.41, 5.74) is 17.0. The number of amides is 2. The molecule has 39 nitrogen and oxygen atoms in total. The van der Waals surface area contributed by atoms with Gasteiger partial charge in [0.25, 0.3) is 26.1 Å². The van der Waals surface area contributed by atoms with Crippen molar-refractivity contribution in [3.63, 3.8) is 0 Å². The monoisotopic (exact) mass is 1540 g/mol. The minimum atomic E-state index is -5.47. The molecule has 100 heavy (non-hydrogen) atoms. The maximum Gasteiger partial charge on any atom is 0.479 e. The van der Waals surface area contributed by atoms with Gasteiger partial charge in [0.05, 0.1) is 74.5 Å². The molecule has 1 aromatic heterocycles. The third-order valence-corrected chi connectivity index (χ3v) is 23.7. The van der Waals surface area contributed by atoms with E-state index in [1.807, 2.05) is 13.8 Å². The number of carboxylic acids is 1. The summed E-state index contributed by atoms with van der Waals surface area (Å²) in [5, 5.41) is 25.7. The highest BCUT2D eigenvalue weighted by Gasteiger charge is 2.43. The van der Waals surface area contributed by atoms with Crippen molar-refractivity contribution in [1.82, 2.24) is 20.2 Å². The zero-order valence-corrected chi connectivity index (χ0v) is 58.7. The number of carbonyl (C=O) groups excluding carboxylic acids is 3. The molecule has 2 amide bonds. The van der Waals surface area contributed by atoms with Crippen LogP contribution >= 0.6 is 44.6 Å². The highest BCUT2D eigenvalue weighted by Crippen LogP contribution is 2.65. The summed E-state index contributed by atoms with van der Waals surface area (Å²) in [6.07, 6.45) is -1.42. The molecule has 3 aliphatic rings. The number of hydrogen-bond donors (Lipinski definition) is 12. The van der Waals surface area contributed by atoms with Crippen molar-refractivity contribution in [1.29, 1.82) is 5.41 Å². The molecule has 0 spiro atoms. The topological polar surface area (TPSA) is 609 Å². The van der Waals surface area contributed by atoms with Crippen LogP contribution in [-0.2, 0) is 80.7 Å². The van der Waals surface area contributed by atoms with Crippen LogP contribution < -0.4 is 33.1 Å². The molecule has 548 valence electrons. The number of anilines is 2. The number of nitrogens with one attached hydrogen (secondary N) is 3. The number of aromatic nitrogens is 2. The summed E-state index contributed by atoms with van der Waals surface area (Å²) < 4.78 is 160. The van der Waals surface area contributed by atoms with E-state index in [2.05, 4.69) is 41.8 Å². The van der Waals surface area contributed by atoms with Crippen molar-refractivity contribution >= 4 is 111 Å². The van der Waals surface area contributed by atoms with Crippen LogP contribution in [0.2, 0.25) is 0 Å². The molecule has 3 aromatic rings. The molecule has 1 saturated heterocycles. The van der Waals surface area contributed by atoms with Gasteiger partial charge in [-0.25, -0.2) is 23.3 Å². The van der Waals surface area contributed by atoms with Gasteiger partial charge in [0.2, 0.25) is 0 Å². The van der Waals surface area contributed by atoms with Crippen LogP contribution in [0.4, 0.5) is 16.3 Å². The minimum absolute atomic E-state index is 0.00917. The normalized spacial score (nSPS) is 16.2. The number of aromatic carboxylic acids is 1. The molecule has 0 radical (unpaired) electrons. The molecule has 1 aliphatic carbocycles. The van der Waals surface area contributed by atoms with Gasteiger partial charge in [0.15, 0.2) is 27.0 Å². The third kappa shape index (κ3) is 25.2. The number of azide groups is 1. The average Bonchev–Trinajstić information content (AvgIpc) is 0.775. The molecule has 46 heteroatoms. The number of carboxylic acid groups (broad SMARTS) is 1. The summed E-state index contributed by atoms with van der Waals surface area (Å²) in [7, 11) is -23.4. The van der Waals surface area contributed by atoms with E-state index in [1.165, 1.54) is 35.2 Å². The largest absolute Gasteiger partial charge is 0.479 e. The standard InChI is InChI=1S/C54H69N10O29P3S4/c1-54(2,98-97-30-86-18-3-4-20-88-53(70)60-16-5-7-33-27-64(52(69)62-49(33)57)42-26-40(89-29-61-63-58)41(91-42)28-90-96(76,77)93-95(74,75)31-94(71,72)73)15-21-87-43(65)8-6-19-84-23-24-85-22-17-59-50(66)32-9-10-34(51(67)68)37(25-32)44-35-11-13-38(55)47(99(78,79)80)45(35)92-46-36(44)12-14-39(56)48(46)100(81,82)83/h9-14,25,27,40-42,55H,3-4,6,8,15-24,26,28-31,56H2,1-2H3,(H,59,66)(H,60,70)(H,67,68)(H,74,75)(H,76,77)(H2,57,62,69)(H2,71,72,73)(H,78,79,80)(H,81,82,83)/t40?,41-,42-/m1/s1. The number of hydrogen-bond acceptors (Lipinski definition) is 29. The van der Waals surface area contributed by atoms with Gasteiger partial charge in [-0.05, 0) is 93.1 Å². The SMILES string of the molecule is CC(C)(CCOC(=O)CCCOCCOCCNC(=O)c1ccc(C(=O)O)c(-c2c3ccc(=N)c(S(=O)(=O)O)c-3oc3c(S(=O)(=O)O)c(N)ccc23)c1)SSCOCCCCOC(=O)NCC#Cc1cn([C@H]2CC(OCN=[N+]=[N-])[C@@H](COP(=O)(O)OP(=O)(O)CP(=O)(O)O)O2)c(=O)nc1N. The number of nitrogen functional groups attached to an aromatic ring is 2. The number of rotatable bonds is 39. The van der Waals surface area contributed by atoms with E-state index >= 15 is 0 Å². The molecule has 6 rings (SSSR count). The molecule has 14 N–H and O–H groups in total. The molecule has 0 saturated carbocycles. The van der Waals surface area contributed by atoms with Crippen molar-refractivity contribution in [2.24, 2.45) is 5.11 Å². The molecule has 1 fully saturated rings. The van der Waals surface area contributed by atoms with Gasteiger partial charge in [-0.1, -0.05) is 38.5 Å². The average molecular weight is 1540 g/mol. The number of phosphoric acid groups is 1. The van der Waals surface area contributed by atoms with E-state index in [4.69, 9.17) is 74.3 Å². The second-order valence-electron chi connectivity index (χ2n) is 21.7. The molecule has 2 aliphatic heterocycles. The lowest BCUT2D eigenvalue weighted by Crippen LogP contribution is -2.29. The Morgan fingerprint density at radius 3 is 2.29 bits per heavy atom. The van der Waals surface area contributed by atoms with E-state index in [-0.39, 0.29) is 109 Å². The maximum absolute atomic E-state index is 13.4. The Balaban J connectivity index is 0.812. The van der Waals surface area contributed by atoms with Crippen LogP contribution in [0.15, 0.2) is 72.8 Å². The van der Waals surface area contributed by atoms with Crippen molar-refractivity contribution < 1.29 is 130 Å². The molecular weight excluding hydrogens is 1470 g/mol. The van der Waals surface area contributed by atoms with Crippen LogP contribution in [0.3, 0.4) is 0 Å². The highest BCUT2D eigenvalue weighted by atomic mass is 33.1. The lowest BCUT2D eigenvalue weighted by Gasteiger charge is -2.22. The first-order valence-corrected chi connectivity index (χ1v) is 39.4. The number of benzene rings is 3. The number of alkyl carbamates (subject to hydrolysis) is 1. The van der Waals surface area contributed by atoms with Gasteiger partial charge < -0.3 is 84.4 Å². The van der Waals surface area contributed by atoms with Crippen LogP contribution in [0.1, 0.15) is 84.9 Å². The van der Waals surface area contributed by atoms with Crippen LogP contribution in [-0.4, -0.2) is 186 Å². The Morgan fingerprint density at radius 1 is 0.900 bits per heavy atom. The zero-order valence-electron chi connectivity index (χ0n) is 52.8. The Morgan fingerprint density at radius 2 is 1.60 bits per heavy atom. The number of nitrogens with two attached hydrogens (primary N) is 2. The van der Waals surface area contributed by atoms with Gasteiger partial charge in [-0.2, -0.15) is 21.8 Å². The number of ether oxygens (including phenoxy) is 7. The van der Waals surface area contributed by atoms with Gasteiger partial charge in [-0.3, -0.25) is 42.3 Å². The van der Waals surface area contributed by atoms with Crippen molar-refractivity contribution in [3.8, 4) is 34.3 Å². The Kier molecular flexibility index (Phi) is 30.0. The summed E-state index contributed by atoms with van der Waals surface area (Å²) in [6, 6.07) is 7.83. The Labute approximate surface area is 576 Å². The highest BCUT2D eigenvalue weighted by molar-refractivity contribution is 8.77. The van der Waals surface area contributed by atoms with Gasteiger partial charge in [-0.15, -0.1) is 0 Å². The summed E-state index contributed by atoms with van der Waals surface area (Å²) in [6.45, 7) is 3.38. The minimum Gasteiger partial charge on any atom is -0.478 e. The first-order valence-electron chi connectivity index (χ1n) is 29.2. The quantitative estimate of drug-likeness (QED) is 0.00196. The van der Waals surface area contributed by atoms with E-state index in [0.717, 1.165) is 28.8 Å². The lowest BCUT2D eigenvalue weighted by atomic mass is 9.89. The Bertz CT molecular complexity index is 4410. The predicted molar refractivity (Wildman–Crippen MR) is 353 cm³/mol. The fraction of sp³-hybridized carbons (Fsp3) is 0.463. The molecule has 0 bridgehead atoms. The molecule has 5 atom stereocenters. The summed E-state index contributed by atoms with van der Waals surface area (Å²) in [5.74, 6) is 0.163. The van der Waals surface area contributed by atoms with E-state index in [9.17, 15) is 78.5 Å². The van der Waals surface area contributed by atoms with Gasteiger partial charge in [0, 0.05) is 70.5 Å². The van der Waals surface area contributed by atoms with Crippen LogP contribution in [0.5, 0.6) is 0 Å². The lowest BCUT2D eigenvalue weighted by molar-refractivity contribution is -0.144. The molecular formula is C54H69N10O29P3S4. The second-order valence-corrected chi connectivity index (χ2v) is 32.9. The number of fused-ring (bicyclic) bond motifs is 2. The third-order valence-electron chi connectivity index (χ3n) is 13.6. The van der Waals surface area contributed by atoms with Gasteiger partial charge >= 0.3 is 46.7 Å². The fourth-order valence-electron chi connectivity index (χ4n) is 9.18. The first kappa shape index (κ1) is 81.9. The predicted octanol–water partition coefficient (Wildman–Crippen LogP) is 5.16. The number of phosphoric ester groups is 1. The fourth-order valence-corrected chi connectivity index (χ4v) is 17.3. The summed E-state index contributed by atoms with van der Waals surface area (Å²) >= 11 is 0. The number of esters is 1. The number of unbranched alkanes of at least 4 members (excludes halogenated alkanes) is 1. The van der Waals surface area contributed by atoms with E-state index in [1.54, 1.807) is 10.8 Å². The molecule has 3 unspecified atom stereocenters. The molecule has 3 heterocycles. The zero-order chi connectivity index (χ0) is 73.8. The maximum atomic E-state index is 13.4. The van der Waals surface area contributed by atoms with Gasteiger partial charge in [0.1, 0.15) is 30.8 Å².